The lowest BCUT2D eigenvalue weighted by atomic mass is 9.86. The number of rotatable bonds is 2. The Kier molecular flexibility index (Phi) is 2.52. The molecule has 1 aliphatic heterocycles. The molecule has 1 atom stereocenters. The van der Waals surface area contributed by atoms with E-state index in [1.54, 1.807) is 0 Å². The molecule has 1 unspecified atom stereocenters. The molecule has 0 spiro atoms. The topological polar surface area (TPSA) is 46.9 Å². The van der Waals surface area contributed by atoms with E-state index < -0.39 is 0 Å². The third-order valence-corrected chi connectivity index (χ3v) is 3.33. The maximum absolute atomic E-state index is 11.5. The molecule has 1 amide bonds. The lowest BCUT2D eigenvalue weighted by molar-refractivity contribution is -0.119. The molecule has 0 bridgehead atoms. The van der Waals surface area contributed by atoms with Crippen LogP contribution in [0.3, 0.4) is 0 Å². The Hall–Kier alpha value is -1.32. The minimum Gasteiger partial charge on any atom is -0.351 e. The van der Waals surface area contributed by atoms with Gasteiger partial charge < -0.3 is 9.88 Å². The van der Waals surface area contributed by atoms with Gasteiger partial charge in [-0.15, -0.1) is 0 Å². The van der Waals surface area contributed by atoms with E-state index in [0.717, 1.165) is 5.69 Å². The second-order valence-corrected chi connectivity index (χ2v) is 5.35. The highest BCUT2D eigenvalue weighted by Crippen LogP contribution is 2.36. The normalized spacial score (nSPS) is 23.8. The zero-order valence-corrected chi connectivity index (χ0v) is 10.3. The van der Waals surface area contributed by atoms with E-state index in [-0.39, 0.29) is 17.4 Å². The maximum Gasteiger partial charge on any atom is 0.221 e. The molecule has 1 aliphatic rings. The summed E-state index contributed by atoms with van der Waals surface area (Å²) < 4.78 is 2.15. The average molecular weight is 221 g/mol. The van der Waals surface area contributed by atoms with Crippen molar-refractivity contribution in [2.75, 3.05) is 0 Å². The maximum atomic E-state index is 11.5. The lowest BCUT2D eigenvalue weighted by Gasteiger charge is -2.27. The molecule has 1 fully saturated rings. The van der Waals surface area contributed by atoms with E-state index in [2.05, 4.69) is 42.6 Å². The Morgan fingerprint density at radius 3 is 2.75 bits per heavy atom. The predicted molar refractivity (Wildman–Crippen MR) is 62.2 cm³/mol. The second-order valence-electron chi connectivity index (χ2n) is 5.35. The van der Waals surface area contributed by atoms with Crippen LogP contribution in [0.5, 0.6) is 0 Å². The molecule has 4 heteroatoms. The first-order chi connectivity index (χ1) is 7.42. The first-order valence-corrected chi connectivity index (χ1v) is 5.74. The van der Waals surface area contributed by atoms with Crippen molar-refractivity contribution >= 4 is 5.91 Å². The molecule has 88 valence electrons. The molecule has 0 saturated carbocycles. The minimum atomic E-state index is -0.177. The monoisotopic (exact) mass is 221 g/mol. The van der Waals surface area contributed by atoms with Crippen LogP contribution in [0.1, 0.15) is 51.8 Å². The van der Waals surface area contributed by atoms with E-state index in [1.807, 2.05) is 12.5 Å². The van der Waals surface area contributed by atoms with Gasteiger partial charge in [0.1, 0.15) is 0 Å². The van der Waals surface area contributed by atoms with E-state index in [1.165, 1.54) is 0 Å². The molecule has 4 nitrogen and oxygen atoms in total. The predicted octanol–water partition coefficient (Wildman–Crippen LogP) is 1.85. The summed E-state index contributed by atoms with van der Waals surface area (Å²) in [6.45, 7) is 8.39. The zero-order valence-electron chi connectivity index (χ0n) is 10.3. The van der Waals surface area contributed by atoms with Crippen LogP contribution < -0.4 is 5.32 Å². The number of aromatic nitrogens is 2. The van der Waals surface area contributed by atoms with Crippen LogP contribution in [-0.2, 0) is 4.79 Å². The first-order valence-electron chi connectivity index (χ1n) is 5.74. The Labute approximate surface area is 96.1 Å². The van der Waals surface area contributed by atoms with Gasteiger partial charge in [0.2, 0.25) is 5.91 Å². The summed E-state index contributed by atoms with van der Waals surface area (Å²) in [5, 5.41) is 3.02. The third kappa shape index (κ3) is 1.72. The largest absolute Gasteiger partial charge is 0.351 e. The van der Waals surface area contributed by atoms with Gasteiger partial charge in [0.05, 0.1) is 6.33 Å². The Bertz CT molecular complexity index is 406. The summed E-state index contributed by atoms with van der Waals surface area (Å²) in [5.41, 5.74) is 0.974. The lowest BCUT2D eigenvalue weighted by Crippen LogP contribution is -2.39. The highest BCUT2D eigenvalue weighted by Gasteiger charge is 2.41. The summed E-state index contributed by atoms with van der Waals surface area (Å²) in [4.78, 5) is 15.7. The standard InChI is InChI=1S/C12H19N3O/c1-8(2)15-7-13-6-10(15)9-5-11(16)14-12(9,3)4/h6-9H,5H2,1-4H3,(H,14,16). The summed E-state index contributed by atoms with van der Waals surface area (Å²) >= 11 is 0. The fourth-order valence-electron chi connectivity index (χ4n) is 2.43. The van der Waals surface area contributed by atoms with Gasteiger partial charge in [0.15, 0.2) is 0 Å². The Balaban J connectivity index is 2.37. The minimum absolute atomic E-state index is 0.131. The van der Waals surface area contributed by atoms with Crippen molar-refractivity contribution in [2.45, 2.75) is 51.6 Å². The summed E-state index contributed by atoms with van der Waals surface area (Å²) in [6.07, 6.45) is 4.29. The number of carbonyl (C=O) groups is 1. The van der Waals surface area contributed by atoms with E-state index in [9.17, 15) is 4.79 Å². The average Bonchev–Trinajstić information content (AvgIpc) is 2.68. The van der Waals surface area contributed by atoms with E-state index in [4.69, 9.17) is 0 Å². The fraction of sp³-hybridized carbons (Fsp3) is 0.667. The number of hydrogen-bond acceptors (Lipinski definition) is 2. The molecular formula is C12H19N3O. The van der Waals surface area contributed by atoms with Crippen molar-refractivity contribution in [1.82, 2.24) is 14.9 Å². The quantitative estimate of drug-likeness (QED) is 0.828. The summed E-state index contributed by atoms with van der Waals surface area (Å²) in [7, 11) is 0. The highest BCUT2D eigenvalue weighted by molar-refractivity contribution is 5.81. The van der Waals surface area contributed by atoms with Gasteiger partial charge in [0.25, 0.3) is 0 Å². The van der Waals surface area contributed by atoms with Crippen LogP contribution >= 0.6 is 0 Å². The number of imidazole rings is 1. The molecule has 1 aromatic heterocycles. The van der Waals surface area contributed by atoms with E-state index >= 15 is 0 Å². The van der Waals surface area contributed by atoms with E-state index in [0.29, 0.717) is 12.5 Å². The molecule has 2 rings (SSSR count). The molecule has 1 saturated heterocycles. The number of amides is 1. The van der Waals surface area contributed by atoms with Crippen molar-refractivity contribution in [2.24, 2.45) is 0 Å². The summed E-state index contributed by atoms with van der Waals surface area (Å²) in [5.74, 6) is 0.344. The van der Waals surface area contributed by atoms with Crippen LogP contribution in [-0.4, -0.2) is 21.0 Å². The number of carbonyl (C=O) groups excluding carboxylic acids is 1. The molecule has 0 radical (unpaired) electrons. The van der Waals surface area contributed by atoms with Gasteiger partial charge in [-0.2, -0.15) is 0 Å². The van der Waals surface area contributed by atoms with Crippen LogP contribution in [0, 0.1) is 0 Å². The second kappa shape index (κ2) is 3.61. The molecular weight excluding hydrogens is 202 g/mol. The van der Waals surface area contributed by atoms with Gasteiger partial charge in [-0.05, 0) is 27.7 Å². The number of hydrogen-bond donors (Lipinski definition) is 1. The number of nitrogens with one attached hydrogen (secondary N) is 1. The molecule has 0 aromatic carbocycles. The highest BCUT2D eigenvalue weighted by atomic mass is 16.2. The van der Waals surface area contributed by atoms with Crippen molar-refractivity contribution < 1.29 is 4.79 Å². The molecule has 1 aromatic rings. The molecule has 16 heavy (non-hydrogen) atoms. The Morgan fingerprint density at radius 1 is 1.56 bits per heavy atom. The summed E-state index contributed by atoms with van der Waals surface area (Å²) in [6, 6.07) is 0.379. The van der Waals surface area contributed by atoms with Crippen molar-refractivity contribution in [3.05, 3.63) is 18.2 Å². The van der Waals surface area contributed by atoms with Crippen LogP contribution in [0.15, 0.2) is 12.5 Å². The fourth-order valence-corrected chi connectivity index (χ4v) is 2.43. The first kappa shape index (κ1) is 11.2. The van der Waals surface area contributed by atoms with Gasteiger partial charge in [-0.25, -0.2) is 4.98 Å². The SMILES string of the molecule is CC(C)n1cncc1C1CC(=O)NC1(C)C. The van der Waals surface area contributed by atoms with Gasteiger partial charge in [-0.1, -0.05) is 0 Å². The van der Waals surface area contributed by atoms with Crippen LogP contribution in [0.25, 0.3) is 0 Å². The van der Waals surface area contributed by atoms with Gasteiger partial charge in [-0.3, -0.25) is 4.79 Å². The molecule has 2 heterocycles. The molecule has 0 aliphatic carbocycles. The third-order valence-electron chi connectivity index (χ3n) is 3.33. The van der Waals surface area contributed by atoms with Crippen molar-refractivity contribution in [3.63, 3.8) is 0 Å². The van der Waals surface area contributed by atoms with Crippen LogP contribution in [0.2, 0.25) is 0 Å². The Morgan fingerprint density at radius 2 is 2.25 bits per heavy atom. The van der Waals surface area contributed by atoms with Crippen molar-refractivity contribution in [1.29, 1.82) is 0 Å². The molecule has 1 N–H and O–H groups in total. The van der Waals surface area contributed by atoms with Gasteiger partial charge >= 0.3 is 0 Å². The zero-order chi connectivity index (χ0) is 11.9. The van der Waals surface area contributed by atoms with Crippen molar-refractivity contribution in [3.8, 4) is 0 Å². The van der Waals surface area contributed by atoms with Crippen LogP contribution in [0.4, 0.5) is 0 Å². The van der Waals surface area contributed by atoms with Gasteiger partial charge in [0, 0.05) is 35.8 Å². The number of nitrogens with zero attached hydrogens (tertiary/aromatic N) is 2. The smallest absolute Gasteiger partial charge is 0.221 e.